The summed E-state index contributed by atoms with van der Waals surface area (Å²) in [4.78, 5) is 25.3. The maximum atomic E-state index is 12.8. The van der Waals surface area contributed by atoms with Gasteiger partial charge in [0.15, 0.2) is 0 Å². The minimum Gasteiger partial charge on any atom is -0.465 e. The Morgan fingerprint density at radius 3 is 2.50 bits per heavy atom. The third kappa shape index (κ3) is 5.37. The summed E-state index contributed by atoms with van der Waals surface area (Å²) in [6.45, 7) is 0. The van der Waals surface area contributed by atoms with E-state index in [2.05, 4.69) is 5.32 Å². The van der Waals surface area contributed by atoms with Crippen molar-refractivity contribution in [3.8, 4) is 11.5 Å². The van der Waals surface area contributed by atoms with E-state index in [0.29, 0.717) is 22.2 Å². The van der Waals surface area contributed by atoms with Crippen molar-refractivity contribution in [3.05, 3.63) is 76.7 Å². The number of anilines is 1. The Bertz CT molecular complexity index is 1070. The first-order chi connectivity index (χ1) is 15.6. The molecule has 0 unspecified atom stereocenters. The summed E-state index contributed by atoms with van der Waals surface area (Å²) in [5, 5.41) is 5.52. The highest BCUT2D eigenvalue weighted by Crippen LogP contribution is 2.40. The zero-order valence-electron chi connectivity index (χ0n) is 18.1. The van der Waals surface area contributed by atoms with E-state index in [0.717, 1.165) is 29.7 Å². The van der Waals surface area contributed by atoms with Crippen LogP contribution in [-0.4, -0.2) is 19.0 Å². The van der Waals surface area contributed by atoms with Crippen LogP contribution < -0.4 is 10.1 Å². The van der Waals surface area contributed by atoms with Crippen molar-refractivity contribution in [1.29, 1.82) is 0 Å². The van der Waals surface area contributed by atoms with E-state index in [-0.39, 0.29) is 18.3 Å². The van der Waals surface area contributed by atoms with Gasteiger partial charge in [0, 0.05) is 0 Å². The molecular weight excluding hydrogens is 422 g/mol. The second kappa shape index (κ2) is 10.5. The first-order valence-electron chi connectivity index (χ1n) is 11.0. The Hall–Kier alpha value is -3.12. The summed E-state index contributed by atoms with van der Waals surface area (Å²) in [5.74, 6) is 1.20. The fourth-order valence-electron chi connectivity index (χ4n) is 4.19. The number of benzene rings is 2. The van der Waals surface area contributed by atoms with Gasteiger partial charge in [-0.15, -0.1) is 11.3 Å². The third-order valence-corrected chi connectivity index (χ3v) is 6.66. The largest absolute Gasteiger partial charge is 0.465 e. The molecule has 0 atom stereocenters. The predicted molar refractivity (Wildman–Crippen MR) is 127 cm³/mol. The van der Waals surface area contributed by atoms with Crippen LogP contribution in [0.15, 0.2) is 60.0 Å². The lowest BCUT2D eigenvalue weighted by Gasteiger charge is -2.22. The molecule has 1 N–H and O–H groups in total. The monoisotopic (exact) mass is 449 g/mol. The smallest absolute Gasteiger partial charge is 0.341 e. The summed E-state index contributed by atoms with van der Waals surface area (Å²) in [5.41, 5.74) is 2.36. The molecule has 166 valence electrons. The molecule has 2 aromatic carbocycles. The standard InChI is InChI=1S/C26H27NO4S/c1-30-26(29)24-22(19-10-4-2-5-11-19)17-32-25(24)27-23(28)16-18-9-8-14-21(15-18)31-20-12-6-3-7-13-20/h3,6-9,12-15,17,19H,2,4-5,10-11,16H2,1H3,(H,27,28). The van der Waals surface area contributed by atoms with Crippen LogP contribution in [0.4, 0.5) is 5.00 Å². The Balaban J connectivity index is 1.46. The van der Waals surface area contributed by atoms with Crippen molar-refractivity contribution in [2.24, 2.45) is 0 Å². The molecule has 1 aromatic heterocycles. The van der Waals surface area contributed by atoms with Gasteiger partial charge < -0.3 is 14.8 Å². The number of hydrogen-bond donors (Lipinski definition) is 1. The molecule has 1 saturated carbocycles. The number of esters is 1. The fourth-order valence-corrected chi connectivity index (χ4v) is 5.24. The molecular formula is C26H27NO4S. The van der Waals surface area contributed by atoms with Crippen LogP contribution in [0.5, 0.6) is 11.5 Å². The summed E-state index contributed by atoms with van der Waals surface area (Å²) < 4.78 is 10.9. The van der Waals surface area contributed by atoms with Gasteiger partial charge in [-0.3, -0.25) is 4.79 Å². The maximum Gasteiger partial charge on any atom is 0.341 e. The summed E-state index contributed by atoms with van der Waals surface area (Å²) >= 11 is 1.40. The van der Waals surface area contributed by atoms with Gasteiger partial charge in [-0.05, 0) is 59.5 Å². The van der Waals surface area contributed by atoms with E-state index in [9.17, 15) is 9.59 Å². The number of hydrogen-bond acceptors (Lipinski definition) is 5. The van der Waals surface area contributed by atoms with E-state index in [4.69, 9.17) is 9.47 Å². The van der Waals surface area contributed by atoms with Crippen LogP contribution in [0.3, 0.4) is 0 Å². The van der Waals surface area contributed by atoms with Crippen LogP contribution in [-0.2, 0) is 16.0 Å². The Labute approximate surface area is 192 Å². The molecule has 4 rings (SSSR count). The van der Waals surface area contributed by atoms with Crippen molar-refractivity contribution in [2.45, 2.75) is 44.4 Å². The van der Waals surface area contributed by atoms with Gasteiger partial charge in [-0.2, -0.15) is 0 Å². The van der Waals surface area contributed by atoms with E-state index in [1.54, 1.807) is 0 Å². The molecule has 1 aliphatic rings. The minimum absolute atomic E-state index is 0.177. The lowest BCUT2D eigenvalue weighted by atomic mass is 9.83. The normalized spacial score (nSPS) is 14.0. The molecule has 0 saturated heterocycles. The number of rotatable bonds is 7. The molecule has 1 heterocycles. The van der Waals surface area contributed by atoms with Crippen LogP contribution in [0, 0.1) is 0 Å². The lowest BCUT2D eigenvalue weighted by molar-refractivity contribution is -0.115. The Morgan fingerprint density at radius 1 is 1.00 bits per heavy atom. The molecule has 6 heteroatoms. The predicted octanol–water partition coefficient (Wildman–Crippen LogP) is 6.56. The average molecular weight is 450 g/mol. The molecule has 32 heavy (non-hydrogen) atoms. The second-order valence-electron chi connectivity index (χ2n) is 8.01. The molecule has 0 radical (unpaired) electrons. The maximum absolute atomic E-state index is 12.8. The van der Waals surface area contributed by atoms with E-state index in [1.807, 2.05) is 60.0 Å². The number of amides is 1. The molecule has 1 amide bonds. The van der Waals surface area contributed by atoms with Gasteiger partial charge in [0.2, 0.25) is 5.91 Å². The SMILES string of the molecule is COC(=O)c1c(C2CCCCC2)csc1NC(=O)Cc1cccc(Oc2ccccc2)c1. The zero-order valence-corrected chi connectivity index (χ0v) is 19.0. The fraction of sp³-hybridized carbons (Fsp3) is 0.308. The Morgan fingerprint density at radius 2 is 1.75 bits per heavy atom. The van der Waals surface area contributed by atoms with E-state index < -0.39 is 0 Å². The average Bonchev–Trinajstić information content (AvgIpc) is 3.23. The van der Waals surface area contributed by atoms with Crippen molar-refractivity contribution in [3.63, 3.8) is 0 Å². The molecule has 0 spiro atoms. The quantitative estimate of drug-likeness (QED) is 0.415. The van der Waals surface area contributed by atoms with Crippen molar-refractivity contribution in [1.82, 2.24) is 0 Å². The van der Waals surface area contributed by atoms with E-state index in [1.165, 1.54) is 37.7 Å². The number of carbonyl (C=O) groups is 2. The third-order valence-electron chi connectivity index (χ3n) is 5.75. The summed E-state index contributed by atoms with van der Waals surface area (Å²) in [7, 11) is 1.38. The van der Waals surface area contributed by atoms with Crippen molar-refractivity contribution in [2.75, 3.05) is 12.4 Å². The number of carbonyl (C=O) groups excluding carboxylic acids is 2. The van der Waals surface area contributed by atoms with Crippen molar-refractivity contribution >= 4 is 28.2 Å². The summed E-state index contributed by atoms with van der Waals surface area (Å²) in [6.07, 6.45) is 5.91. The van der Waals surface area contributed by atoms with Crippen molar-refractivity contribution < 1.29 is 19.1 Å². The van der Waals surface area contributed by atoms with Crippen LogP contribution in [0.25, 0.3) is 0 Å². The van der Waals surface area contributed by atoms with Crippen LogP contribution in [0.2, 0.25) is 0 Å². The molecule has 0 bridgehead atoms. The topological polar surface area (TPSA) is 64.6 Å². The van der Waals surface area contributed by atoms with Gasteiger partial charge in [0.05, 0.1) is 19.1 Å². The highest BCUT2D eigenvalue weighted by molar-refractivity contribution is 7.15. The summed E-state index contributed by atoms with van der Waals surface area (Å²) in [6, 6.07) is 17.0. The van der Waals surface area contributed by atoms with Gasteiger partial charge in [-0.1, -0.05) is 49.6 Å². The lowest BCUT2D eigenvalue weighted by Crippen LogP contribution is -2.17. The highest BCUT2D eigenvalue weighted by atomic mass is 32.1. The molecule has 1 aliphatic carbocycles. The van der Waals surface area contributed by atoms with Crippen LogP contribution >= 0.6 is 11.3 Å². The Kier molecular flexibility index (Phi) is 7.22. The van der Waals surface area contributed by atoms with Gasteiger partial charge in [-0.25, -0.2) is 4.79 Å². The number of methoxy groups -OCH3 is 1. The van der Waals surface area contributed by atoms with Gasteiger partial charge in [0.25, 0.3) is 0 Å². The number of para-hydroxylation sites is 1. The molecule has 1 fully saturated rings. The van der Waals surface area contributed by atoms with Gasteiger partial charge in [0.1, 0.15) is 16.5 Å². The number of thiophene rings is 1. The number of ether oxygens (including phenoxy) is 2. The van der Waals surface area contributed by atoms with E-state index >= 15 is 0 Å². The molecule has 3 aromatic rings. The second-order valence-corrected chi connectivity index (χ2v) is 8.89. The molecule has 0 aliphatic heterocycles. The first-order valence-corrected chi connectivity index (χ1v) is 11.8. The number of nitrogens with one attached hydrogen (secondary N) is 1. The first kappa shape index (κ1) is 22.1. The van der Waals surface area contributed by atoms with Crippen LogP contribution in [0.1, 0.15) is 59.5 Å². The zero-order chi connectivity index (χ0) is 22.3. The highest BCUT2D eigenvalue weighted by Gasteiger charge is 2.27. The van der Waals surface area contributed by atoms with Gasteiger partial charge >= 0.3 is 5.97 Å². The minimum atomic E-state index is -0.389. The molecule has 5 nitrogen and oxygen atoms in total.